The SMILES string of the molecule is CCC(C)(CN)C(=O)N[C@@H](Cc1ccccc1)C(=O)O. The molecule has 0 aliphatic heterocycles. The van der Waals surface area contributed by atoms with Crippen molar-refractivity contribution < 1.29 is 14.7 Å². The van der Waals surface area contributed by atoms with Crippen LogP contribution in [0.25, 0.3) is 0 Å². The topological polar surface area (TPSA) is 92.4 Å². The average molecular weight is 278 g/mol. The number of amides is 1. The Balaban J connectivity index is 2.78. The molecule has 20 heavy (non-hydrogen) atoms. The van der Waals surface area contributed by atoms with E-state index >= 15 is 0 Å². The summed E-state index contributed by atoms with van der Waals surface area (Å²) in [7, 11) is 0. The summed E-state index contributed by atoms with van der Waals surface area (Å²) in [6.45, 7) is 3.79. The molecule has 1 aromatic carbocycles. The number of benzene rings is 1. The van der Waals surface area contributed by atoms with Crippen LogP contribution in [0.1, 0.15) is 25.8 Å². The predicted octanol–water partition coefficient (Wildman–Crippen LogP) is 1.17. The summed E-state index contributed by atoms with van der Waals surface area (Å²) in [4.78, 5) is 23.5. The van der Waals surface area contributed by atoms with Gasteiger partial charge in [0.1, 0.15) is 6.04 Å². The van der Waals surface area contributed by atoms with E-state index in [-0.39, 0.29) is 18.9 Å². The lowest BCUT2D eigenvalue weighted by Crippen LogP contribution is -2.50. The maximum Gasteiger partial charge on any atom is 0.326 e. The molecule has 0 aliphatic carbocycles. The van der Waals surface area contributed by atoms with E-state index in [0.29, 0.717) is 6.42 Å². The molecule has 5 nitrogen and oxygen atoms in total. The average Bonchev–Trinajstić information content (AvgIpc) is 2.46. The fraction of sp³-hybridized carbons (Fsp3) is 0.467. The number of carbonyl (C=O) groups excluding carboxylic acids is 1. The van der Waals surface area contributed by atoms with E-state index < -0.39 is 17.4 Å². The molecule has 0 spiro atoms. The molecule has 0 heterocycles. The zero-order valence-corrected chi connectivity index (χ0v) is 11.9. The molecule has 4 N–H and O–H groups in total. The molecule has 0 bridgehead atoms. The fourth-order valence-electron chi connectivity index (χ4n) is 1.78. The lowest BCUT2D eigenvalue weighted by atomic mass is 9.86. The minimum Gasteiger partial charge on any atom is -0.480 e. The van der Waals surface area contributed by atoms with Crippen molar-refractivity contribution in [3.8, 4) is 0 Å². The number of hydrogen-bond donors (Lipinski definition) is 3. The van der Waals surface area contributed by atoms with Gasteiger partial charge in [0.2, 0.25) is 5.91 Å². The Morgan fingerprint density at radius 3 is 2.40 bits per heavy atom. The molecule has 1 rings (SSSR count). The van der Waals surface area contributed by atoms with Gasteiger partial charge in [-0.05, 0) is 18.9 Å². The molecule has 2 atom stereocenters. The largest absolute Gasteiger partial charge is 0.480 e. The van der Waals surface area contributed by atoms with Gasteiger partial charge in [0.05, 0.1) is 5.41 Å². The van der Waals surface area contributed by atoms with Gasteiger partial charge < -0.3 is 16.2 Å². The summed E-state index contributed by atoms with van der Waals surface area (Å²) in [6.07, 6.45) is 0.819. The monoisotopic (exact) mass is 278 g/mol. The molecule has 110 valence electrons. The number of carbonyl (C=O) groups is 2. The van der Waals surface area contributed by atoms with Crippen molar-refractivity contribution in [2.24, 2.45) is 11.1 Å². The first-order valence-corrected chi connectivity index (χ1v) is 6.70. The van der Waals surface area contributed by atoms with Crippen LogP contribution in [0.4, 0.5) is 0 Å². The summed E-state index contributed by atoms with van der Waals surface area (Å²) < 4.78 is 0. The molecule has 1 aromatic rings. The van der Waals surface area contributed by atoms with Crippen LogP contribution in [0.3, 0.4) is 0 Å². The number of carboxylic acids is 1. The molecule has 0 saturated carbocycles. The molecule has 0 aromatic heterocycles. The van der Waals surface area contributed by atoms with E-state index in [1.165, 1.54) is 0 Å². The Bertz CT molecular complexity index is 455. The molecule has 0 radical (unpaired) electrons. The third kappa shape index (κ3) is 4.06. The van der Waals surface area contributed by atoms with E-state index in [1.54, 1.807) is 6.92 Å². The number of aliphatic carboxylic acids is 1. The summed E-state index contributed by atoms with van der Waals surface area (Å²) in [6, 6.07) is 8.27. The predicted molar refractivity (Wildman–Crippen MR) is 77.2 cm³/mol. The van der Waals surface area contributed by atoms with Crippen LogP contribution in [0.15, 0.2) is 30.3 Å². The van der Waals surface area contributed by atoms with Crippen LogP contribution in [-0.2, 0) is 16.0 Å². The fourth-order valence-corrected chi connectivity index (χ4v) is 1.78. The Hall–Kier alpha value is -1.88. The summed E-state index contributed by atoms with van der Waals surface area (Å²) in [5.41, 5.74) is 5.75. The van der Waals surface area contributed by atoms with Crippen molar-refractivity contribution in [3.05, 3.63) is 35.9 Å². The molecule has 1 amide bonds. The minimum atomic E-state index is -1.04. The van der Waals surface area contributed by atoms with E-state index in [9.17, 15) is 14.7 Å². The van der Waals surface area contributed by atoms with E-state index in [1.807, 2.05) is 37.3 Å². The molecule has 1 unspecified atom stereocenters. The van der Waals surface area contributed by atoms with Crippen molar-refractivity contribution >= 4 is 11.9 Å². The first-order valence-electron chi connectivity index (χ1n) is 6.70. The van der Waals surface area contributed by atoms with Crippen LogP contribution in [0, 0.1) is 5.41 Å². The lowest BCUT2D eigenvalue weighted by Gasteiger charge is -2.27. The number of nitrogens with one attached hydrogen (secondary N) is 1. The van der Waals surface area contributed by atoms with Crippen LogP contribution in [0.2, 0.25) is 0 Å². The highest BCUT2D eigenvalue weighted by molar-refractivity contribution is 5.87. The van der Waals surface area contributed by atoms with E-state index in [2.05, 4.69) is 5.32 Å². The third-order valence-corrected chi connectivity index (χ3v) is 3.67. The molecular formula is C15H22N2O3. The first-order chi connectivity index (χ1) is 9.42. The zero-order valence-electron chi connectivity index (χ0n) is 11.9. The van der Waals surface area contributed by atoms with Crippen LogP contribution in [0.5, 0.6) is 0 Å². The van der Waals surface area contributed by atoms with Gasteiger partial charge in [-0.15, -0.1) is 0 Å². The number of hydrogen-bond acceptors (Lipinski definition) is 3. The van der Waals surface area contributed by atoms with Crippen molar-refractivity contribution in [3.63, 3.8) is 0 Å². The Labute approximate surface area is 119 Å². The number of rotatable bonds is 7. The van der Waals surface area contributed by atoms with Crippen LogP contribution in [-0.4, -0.2) is 29.6 Å². The maximum atomic E-state index is 12.2. The number of carboxylic acid groups (broad SMARTS) is 1. The number of nitrogens with two attached hydrogens (primary N) is 1. The minimum absolute atomic E-state index is 0.188. The molecule has 0 aliphatic rings. The van der Waals surface area contributed by atoms with Gasteiger partial charge in [-0.3, -0.25) is 4.79 Å². The molecule has 5 heteroatoms. The van der Waals surface area contributed by atoms with Crippen LogP contribution >= 0.6 is 0 Å². The summed E-state index contributed by atoms with van der Waals surface area (Å²) in [5.74, 6) is -1.36. The smallest absolute Gasteiger partial charge is 0.326 e. The van der Waals surface area contributed by atoms with Crippen molar-refractivity contribution in [1.82, 2.24) is 5.32 Å². The molecule has 0 fully saturated rings. The van der Waals surface area contributed by atoms with Gasteiger partial charge >= 0.3 is 5.97 Å². The second kappa shape index (κ2) is 7.05. The Kier molecular flexibility index (Phi) is 5.70. The van der Waals surface area contributed by atoms with Crippen molar-refractivity contribution in [2.75, 3.05) is 6.54 Å². The Morgan fingerprint density at radius 1 is 1.35 bits per heavy atom. The van der Waals surface area contributed by atoms with Gasteiger partial charge in [-0.2, -0.15) is 0 Å². The van der Waals surface area contributed by atoms with Crippen molar-refractivity contribution in [2.45, 2.75) is 32.7 Å². The highest BCUT2D eigenvalue weighted by atomic mass is 16.4. The highest BCUT2D eigenvalue weighted by Crippen LogP contribution is 2.19. The second-order valence-corrected chi connectivity index (χ2v) is 5.17. The lowest BCUT2D eigenvalue weighted by molar-refractivity contribution is -0.143. The van der Waals surface area contributed by atoms with E-state index in [0.717, 1.165) is 5.56 Å². The Morgan fingerprint density at radius 2 is 1.95 bits per heavy atom. The van der Waals surface area contributed by atoms with Crippen LogP contribution < -0.4 is 11.1 Å². The first kappa shape index (κ1) is 16.2. The van der Waals surface area contributed by atoms with Gasteiger partial charge in [0.25, 0.3) is 0 Å². The van der Waals surface area contributed by atoms with Gasteiger partial charge in [0, 0.05) is 13.0 Å². The highest BCUT2D eigenvalue weighted by Gasteiger charge is 2.32. The van der Waals surface area contributed by atoms with E-state index in [4.69, 9.17) is 5.73 Å². The van der Waals surface area contributed by atoms with Crippen molar-refractivity contribution in [1.29, 1.82) is 0 Å². The second-order valence-electron chi connectivity index (χ2n) is 5.17. The summed E-state index contributed by atoms with van der Waals surface area (Å²) in [5, 5.41) is 11.8. The standard InChI is InChI=1S/C15H22N2O3/c1-3-15(2,10-16)14(20)17-12(13(18)19)9-11-7-5-4-6-8-11/h4-8,12H,3,9-10,16H2,1-2H3,(H,17,20)(H,18,19)/t12-,15?/m0/s1. The normalized spacial score (nSPS) is 15.2. The van der Waals surface area contributed by atoms with Gasteiger partial charge in [0.15, 0.2) is 0 Å². The zero-order chi connectivity index (χ0) is 15.2. The van der Waals surface area contributed by atoms with Gasteiger partial charge in [-0.1, -0.05) is 37.3 Å². The van der Waals surface area contributed by atoms with Gasteiger partial charge in [-0.25, -0.2) is 4.79 Å². The third-order valence-electron chi connectivity index (χ3n) is 3.67. The molecule has 0 saturated heterocycles. The summed E-state index contributed by atoms with van der Waals surface area (Å²) >= 11 is 0. The maximum absolute atomic E-state index is 12.2. The quantitative estimate of drug-likeness (QED) is 0.698. The molecular weight excluding hydrogens is 256 g/mol.